The molecule has 1 heterocycles. The standard InChI is InChI=1S/C15H15ClFNO2/c1-9-6-12(14(19)8-16)10(2)18(9)11-4-5-15(20-3)13(17)7-11/h4-7H,8H2,1-3H3. The maximum absolute atomic E-state index is 13.8. The maximum atomic E-state index is 13.8. The van der Waals surface area contributed by atoms with Gasteiger partial charge in [-0.25, -0.2) is 4.39 Å². The van der Waals surface area contributed by atoms with Crippen LogP contribution in [-0.2, 0) is 0 Å². The number of ketones is 1. The van der Waals surface area contributed by atoms with Gasteiger partial charge in [0, 0.05) is 28.7 Å². The lowest BCUT2D eigenvalue weighted by molar-refractivity contribution is 0.102. The molecule has 0 spiro atoms. The normalized spacial score (nSPS) is 10.7. The Hall–Kier alpha value is -1.81. The molecule has 106 valence electrons. The second-order valence-corrected chi connectivity index (χ2v) is 4.76. The molecule has 0 aliphatic carbocycles. The molecule has 2 aromatic rings. The lowest BCUT2D eigenvalue weighted by Crippen LogP contribution is -2.04. The number of halogens is 2. The zero-order chi connectivity index (χ0) is 14.9. The van der Waals surface area contributed by atoms with Gasteiger partial charge in [-0.1, -0.05) is 0 Å². The highest BCUT2D eigenvalue weighted by Crippen LogP contribution is 2.25. The minimum absolute atomic E-state index is 0.0682. The number of hydrogen-bond acceptors (Lipinski definition) is 2. The van der Waals surface area contributed by atoms with E-state index in [1.54, 1.807) is 18.2 Å². The molecule has 0 amide bonds. The van der Waals surface area contributed by atoms with Crippen molar-refractivity contribution in [2.24, 2.45) is 0 Å². The Bertz CT molecular complexity index is 664. The average molecular weight is 296 g/mol. The number of aryl methyl sites for hydroxylation is 1. The summed E-state index contributed by atoms with van der Waals surface area (Å²) in [6.45, 7) is 3.68. The molecule has 0 atom stereocenters. The first-order valence-corrected chi connectivity index (χ1v) is 6.65. The Labute approximate surface area is 121 Å². The van der Waals surface area contributed by atoms with Crippen LogP contribution in [0.5, 0.6) is 5.75 Å². The van der Waals surface area contributed by atoms with E-state index >= 15 is 0 Å². The number of carbonyl (C=O) groups excluding carboxylic acids is 1. The van der Waals surface area contributed by atoms with Crippen LogP contribution in [0.1, 0.15) is 21.7 Å². The van der Waals surface area contributed by atoms with Gasteiger partial charge in [-0.05, 0) is 32.0 Å². The van der Waals surface area contributed by atoms with Gasteiger partial charge in [-0.15, -0.1) is 11.6 Å². The molecule has 0 saturated heterocycles. The second-order valence-electron chi connectivity index (χ2n) is 4.50. The van der Waals surface area contributed by atoms with Crippen LogP contribution in [0.25, 0.3) is 5.69 Å². The van der Waals surface area contributed by atoms with Crippen LogP contribution >= 0.6 is 11.6 Å². The molecule has 0 fully saturated rings. The van der Waals surface area contributed by atoms with Crippen molar-refractivity contribution < 1.29 is 13.9 Å². The molecule has 0 radical (unpaired) electrons. The van der Waals surface area contributed by atoms with Gasteiger partial charge >= 0.3 is 0 Å². The molecule has 0 aliphatic heterocycles. The Morgan fingerprint density at radius 1 is 1.35 bits per heavy atom. The topological polar surface area (TPSA) is 31.2 Å². The summed E-state index contributed by atoms with van der Waals surface area (Å²) in [6, 6.07) is 6.46. The van der Waals surface area contributed by atoms with Gasteiger partial charge < -0.3 is 9.30 Å². The number of ether oxygens (including phenoxy) is 1. The van der Waals surface area contributed by atoms with Crippen molar-refractivity contribution in [2.75, 3.05) is 13.0 Å². The van der Waals surface area contributed by atoms with Crippen LogP contribution in [0.4, 0.5) is 4.39 Å². The second kappa shape index (κ2) is 5.67. The minimum atomic E-state index is -0.442. The average Bonchev–Trinajstić information content (AvgIpc) is 2.73. The Kier molecular flexibility index (Phi) is 4.14. The fourth-order valence-corrected chi connectivity index (χ4v) is 2.45. The third-order valence-corrected chi connectivity index (χ3v) is 3.49. The number of benzene rings is 1. The SMILES string of the molecule is COc1ccc(-n2c(C)cc(C(=O)CCl)c2C)cc1F. The molecule has 2 rings (SSSR count). The molecule has 1 aromatic carbocycles. The summed E-state index contributed by atoms with van der Waals surface area (Å²) >= 11 is 5.60. The highest BCUT2D eigenvalue weighted by atomic mass is 35.5. The molecule has 5 heteroatoms. The zero-order valence-electron chi connectivity index (χ0n) is 11.5. The number of carbonyl (C=O) groups is 1. The fraction of sp³-hybridized carbons (Fsp3) is 0.267. The highest BCUT2D eigenvalue weighted by molar-refractivity contribution is 6.30. The van der Waals surface area contributed by atoms with E-state index in [9.17, 15) is 9.18 Å². The summed E-state index contributed by atoms with van der Waals surface area (Å²) in [6.07, 6.45) is 0. The molecule has 0 bridgehead atoms. The van der Waals surface area contributed by atoms with Crippen molar-refractivity contribution in [2.45, 2.75) is 13.8 Å². The third-order valence-electron chi connectivity index (χ3n) is 3.25. The highest BCUT2D eigenvalue weighted by Gasteiger charge is 2.16. The van der Waals surface area contributed by atoms with E-state index < -0.39 is 5.82 Å². The minimum Gasteiger partial charge on any atom is -0.494 e. The van der Waals surface area contributed by atoms with Crippen molar-refractivity contribution in [3.63, 3.8) is 0 Å². The number of aromatic nitrogens is 1. The van der Waals surface area contributed by atoms with Gasteiger partial charge in [0.1, 0.15) is 0 Å². The summed E-state index contributed by atoms with van der Waals surface area (Å²) in [4.78, 5) is 11.8. The van der Waals surface area contributed by atoms with Crippen LogP contribution < -0.4 is 4.74 Å². The number of methoxy groups -OCH3 is 1. The summed E-state index contributed by atoms with van der Waals surface area (Å²) < 4.78 is 20.5. The van der Waals surface area contributed by atoms with Crippen molar-refractivity contribution in [3.8, 4) is 11.4 Å². The summed E-state index contributed by atoms with van der Waals surface area (Å²) in [5.41, 5.74) is 2.80. The first-order chi connectivity index (χ1) is 9.49. The monoisotopic (exact) mass is 295 g/mol. The van der Waals surface area contributed by atoms with Crippen LogP contribution in [0, 0.1) is 19.7 Å². The van der Waals surface area contributed by atoms with Gasteiger partial charge in [-0.3, -0.25) is 4.79 Å². The Morgan fingerprint density at radius 3 is 2.60 bits per heavy atom. The van der Waals surface area contributed by atoms with Gasteiger partial charge in [0.2, 0.25) is 0 Å². The predicted molar refractivity (Wildman–Crippen MR) is 76.8 cm³/mol. The van der Waals surface area contributed by atoms with E-state index in [1.807, 2.05) is 18.4 Å². The van der Waals surface area contributed by atoms with Crippen LogP contribution in [0.3, 0.4) is 0 Å². The number of nitrogens with zero attached hydrogens (tertiary/aromatic N) is 1. The summed E-state index contributed by atoms with van der Waals surface area (Å²) in [5, 5.41) is 0. The van der Waals surface area contributed by atoms with Gasteiger partial charge in [0.15, 0.2) is 17.3 Å². The molecule has 0 saturated carbocycles. The molecular formula is C15H15ClFNO2. The van der Waals surface area contributed by atoms with E-state index in [-0.39, 0.29) is 17.4 Å². The molecule has 0 unspecified atom stereocenters. The van der Waals surface area contributed by atoms with E-state index in [0.717, 1.165) is 11.4 Å². The summed E-state index contributed by atoms with van der Waals surface area (Å²) in [7, 11) is 1.42. The van der Waals surface area contributed by atoms with E-state index in [1.165, 1.54) is 13.2 Å². The number of rotatable bonds is 4. The van der Waals surface area contributed by atoms with Gasteiger partial charge in [-0.2, -0.15) is 0 Å². The smallest absolute Gasteiger partial charge is 0.179 e. The fourth-order valence-electron chi connectivity index (χ4n) is 2.31. The number of alkyl halides is 1. The number of hydrogen-bond donors (Lipinski definition) is 0. The van der Waals surface area contributed by atoms with Crippen LogP contribution in [0.2, 0.25) is 0 Å². The van der Waals surface area contributed by atoms with Crippen LogP contribution in [0.15, 0.2) is 24.3 Å². The Morgan fingerprint density at radius 2 is 2.05 bits per heavy atom. The van der Waals surface area contributed by atoms with Crippen molar-refractivity contribution >= 4 is 17.4 Å². The van der Waals surface area contributed by atoms with Crippen molar-refractivity contribution in [3.05, 3.63) is 47.0 Å². The Balaban J connectivity index is 2.56. The first-order valence-electron chi connectivity index (χ1n) is 6.11. The van der Waals surface area contributed by atoms with Crippen LogP contribution in [-0.4, -0.2) is 23.3 Å². The third kappa shape index (κ3) is 2.43. The maximum Gasteiger partial charge on any atom is 0.179 e. The quantitative estimate of drug-likeness (QED) is 0.637. The van der Waals surface area contributed by atoms with E-state index in [2.05, 4.69) is 0 Å². The molecule has 1 aromatic heterocycles. The number of Topliss-reactive ketones (excluding diaryl/α,β-unsaturated/α-hetero) is 1. The predicted octanol–water partition coefficient (Wildman–Crippen LogP) is 3.66. The van der Waals surface area contributed by atoms with Crippen molar-refractivity contribution in [1.29, 1.82) is 0 Å². The van der Waals surface area contributed by atoms with E-state index in [4.69, 9.17) is 16.3 Å². The van der Waals surface area contributed by atoms with Gasteiger partial charge in [0.25, 0.3) is 0 Å². The molecule has 20 heavy (non-hydrogen) atoms. The molecule has 0 aliphatic rings. The summed E-state index contributed by atoms with van der Waals surface area (Å²) in [5.74, 6) is -0.461. The van der Waals surface area contributed by atoms with Crippen molar-refractivity contribution in [1.82, 2.24) is 4.57 Å². The lowest BCUT2D eigenvalue weighted by Gasteiger charge is -2.11. The largest absolute Gasteiger partial charge is 0.494 e. The van der Waals surface area contributed by atoms with Gasteiger partial charge in [0.05, 0.1) is 13.0 Å². The zero-order valence-corrected chi connectivity index (χ0v) is 12.3. The molecule has 0 N–H and O–H groups in total. The molecular weight excluding hydrogens is 281 g/mol. The van der Waals surface area contributed by atoms with E-state index in [0.29, 0.717) is 11.3 Å². The molecule has 3 nitrogen and oxygen atoms in total. The first kappa shape index (κ1) is 14.6. The lowest BCUT2D eigenvalue weighted by atomic mass is 10.2.